The van der Waals surface area contributed by atoms with E-state index < -0.39 is 16.2 Å². The molecule has 19 heavy (non-hydrogen) atoms. The molecule has 2 atom stereocenters. The van der Waals surface area contributed by atoms with Gasteiger partial charge < -0.3 is 16.3 Å². The van der Waals surface area contributed by atoms with Gasteiger partial charge in [0.15, 0.2) is 5.84 Å². The molecule has 1 aliphatic carbocycles. The zero-order chi connectivity index (χ0) is 14.6. The molecule has 0 heterocycles. The van der Waals surface area contributed by atoms with Gasteiger partial charge in [0.2, 0.25) is 5.91 Å². The maximum absolute atomic E-state index is 12.3. The van der Waals surface area contributed by atoms with Crippen LogP contribution in [0.1, 0.15) is 33.1 Å². The number of nitrogens with zero attached hydrogens (tertiary/aromatic N) is 1. The summed E-state index contributed by atoms with van der Waals surface area (Å²) in [6.07, 6.45) is 3.49. The topological polar surface area (TPSA) is 105 Å². The molecule has 0 aromatic heterocycles. The minimum atomic E-state index is -0.867. The lowest BCUT2D eigenvalue weighted by atomic mass is 9.61. The molecular formula is C12H23N3O3S. The Balaban J connectivity index is 2.62. The fourth-order valence-corrected chi connectivity index (χ4v) is 3.20. The van der Waals surface area contributed by atoms with Crippen molar-refractivity contribution in [2.75, 3.05) is 12.0 Å². The largest absolute Gasteiger partial charge is 0.409 e. The van der Waals surface area contributed by atoms with Gasteiger partial charge in [-0.05, 0) is 32.1 Å². The molecule has 1 amide bonds. The van der Waals surface area contributed by atoms with Gasteiger partial charge >= 0.3 is 0 Å². The summed E-state index contributed by atoms with van der Waals surface area (Å²) in [5, 5.41) is 14.7. The molecule has 0 spiro atoms. The van der Waals surface area contributed by atoms with Crippen molar-refractivity contribution in [1.29, 1.82) is 0 Å². The monoisotopic (exact) mass is 289 g/mol. The number of amidine groups is 1. The van der Waals surface area contributed by atoms with Gasteiger partial charge in [0.1, 0.15) is 5.41 Å². The summed E-state index contributed by atoms with van der Waals surface area (Å²) in [5.74, 6) is 0.725. The molecule has 2 unspecified atom stereocenters. The Morgan fingerprint density at radius 2 is 2.21 bits per heavy atom. The van der Waals surface area contributed by atoms with Crippen LogP contribution in [0, 0.1) is 11.3 Å². The average Bonchev–Trinajstić information content (AvgIpc) is 2.30. The minimum Gasteiger partial charge on any atom is -0.409 e. The fraction of sp³-hybridized carbons (Fsp3) is 0.833. The molecule has 0 bridgehead atoms. The summed E-state index contributed by atoms with van der Waals surface area (Å²) < 4.78 is 11.0. The van der Waals surface area contributed by atoms with Crippen molar-refractivity contribution < 1.29 is 14.2 Å². The number of rotatable bonds is 6. The fourth-order valence-electron chi connectivity index (χ4n) is 2.51. The van der Waals surface area contributed by atoms with Gasteiger partial charge in [-0.3, -0.25) is 9.00 Å². The standard InChI is InChI=1S/C12H23N3O3S/c1-8-6-12(7-8,10(13)15-17)11(16)14-9(2)4-5-19(3)18/h8-9,17H,4-7H2,1-3H3,(H2,13,15)(H,14,16). The van der Waals surface area contributed by atoms with E-state index in [0.29, 0.717) is 30.9 Å². The number of carbonyl (C=O) groups is 1. The predicted octanol–water partition coefficient (Wildman–Crippen LogP) is 0.422. The lowest BCUT2D eigenvalue weighted by Gasteiger charge is -2.44. The first-order valence-electron chi connectivity index (χ1n) is 6.41. The summed E-state index contributed by atoms with van der Waals surface area (Å²) in [7, 11) is -0.866. The Bertz CT molecular complexity index is 392. The van der Waals surface area contributed by atoms with Crippen LogP contribution in [-0.2, 0) is 15.6 Å². The van der Waals surface area contributed by atoms with Gasteiger partial charge in [0.05, 0.1) is 0 Å². The first-order chi connectivity index (χ1) is 8.81. The Labute approximate surface area is 116 Å². The Morgan fingerprint density at radius 3 is 2.63 bits per heavy atom. The highest BCUT2D eigenvalue weighted by molar-refractivity contribution is 7.84. The number of carbonyl (C=O) groups excluding carboxylic acids is 1. The van der Waals surface area contributed by atoms with Gasteiger partial charge in [-0.2, -0.15) is 0 Å². The van der Waals surface area contributed by atoms with Crippen LogP contribution >= 0.6 is 0 Å². The maximum Gasteiger partial charge on any atom is 0.234 e. The van der Waals surface area contributed by atoms with E-state index in [9.17, 15) is 9.00 Å². The molecule has 1 saturated carbocycles. The second-order valence-electron chi connectivity index (χ2n) is 5.52. The zero-order valence-electron chi connectivity index (χ0n) is 11.7. The minimum absolute atomic E-state index is 0.0191. The van der Waals surface area contributed by atoms with E-state index in [1.807, 2.05) is 13.8 Å². The van der Waals surface area contributed by atoms with Crippen LogP contribution in [0.25, 0.3) is 0 Å². The molecule has 0 aliphatic heterocycles. The van der Waals surface area contributed by atoms with Crippen LogP contribution in [0.15, 0.2) is 5.16 Å². The number of amides is 1. The van der Waals surface area contributed by atoms with E-state index in [4.69, 9.17) is 10.9 Å². The van der Waals surface area contributed by atoms with Crippen molar-refractivity contribution in [2.45, 2.75) is 39.2 Å². The SMILES string of the molecule is CC1CC(C(=O)NC(C)CCS(C)=O)(C(N)=NO)C1. The van der Waals surface area contributed by atoms with Gasteiger partial charge in [-0.15, -0.1) is 0 Å². The third-order valence-electron chi connectivity index (χ3n) is 3.64. The highest BCUT2D eigenvalue weighted by Crippen LogP contribution is 2.45. The first-order valence-corrected chi connectivity index (χ1v) is 8.13. The number of nitrogens with two attached hydrogens (primary N) is 1. The molecule has 1 rings (SSSR count). The molecule has 0 radical (unpaired) electrons. The average molecular weight is 289 g/mol. The van der Waals surface area contributed by atoms with Crippen LogP contribution in [0.4, 0.5) is 0 Å². The smallest absolute Gasteiger partial charge is 0.234 e. The van der Waals surface area contributed by atoms with Gasteiger partial charge in [-0.25, -0.2) is 0 Å². The van der Waals surface area contributed by atoms with Crippen molar-refractivity contribution in [3.8, 4) is 0 Å². The zero-order valence-corrected chi connectivity index (χ0v) is 12.5. The quantitative estimate of drug-likeness (QED) is 0.285. The second-order valence-corrected chi connectivity index (χ2v) is 7.08. The molecule has 110 valence electrons. The summed E-state index contributed by atoms with van der Waals surface area (Å²) in [4.78, 5) is 12.3. The van der Waals surface area contributed by atoms with Crippen molar-refractivity contribution in [1.82, 2.24) is 5.32 Å². The van der Waals surface area contributed by atoms with Gasteiger partial charge in [-0.1, -0.05) is 12.1 Å². The van der Waals surface area contributed by atoms with Crippen molar-refractivity contribution in [3.05, 3.63) is 0 Å². The Morgan fingerprint density at radius 1 is 1.63 bits per heavy atom. The van der Waals surface area contributed by atoms with Gasteiger partial charge in [0, 0.05) is 28.9 Å². The number of hydrogen-bond acceptors (Lipinski definition) is 4. The Hall–Kier alpha value is -1.11. The summed E-state index contributed by atoms with van der Waals surface area (Å²) >= 11 is 0. The van der Waals surface area contributed by atoms with E-state index in [2.05, 4.69) is 10.5 Å². The number of nitrogens with one attached hydrogen (secondary N) is 1. The summed E-state index contributed by atoms with van der Waals surface area (Å²) in [6, 6.07) is -0.0735. The van der Waals surface area contributed by atoms with Crippen LogP contribution in [-0.4, -0.2) is 39.2 Å². The van der Waals surface area contributed by atoms with E-state index in [1.165, 1.54) is 0 Å². The number of hydrogen-bond donors (Lipinski definition) is 3. The van der Waals surface area contributed by atoms with Crippen LogP contribution in [0.3, 0.4) is 0 Å². The summed E-state index contributed by atoms with van der Waals surface area (Å²) in [5.41, 5.74) is 4.80. The van der Waals surface area contributed by atoms with Crippen LogP contribution in [0.2, 0.25) is 0 Å². The third kappa shape index (κ3) is 3.68. The van der Waals surface area contributed by atoms with Crippen molar-refractivity contribution in [2.24, 2.45) is 22.2 Å². The molecule has 7 heteroatoms. The molecule has 6 nitrogen and oxygen atoms in total. The first kappa shape index (κ1) is 15.9. The lowest BCUT2D eigenvalue weighted by Crippen LogP contribution is -2.58. The molecular weight excluding hydrogens is 266 g/mol. The number of oxime groups is 1. The Kier molecular flexibility index (Phi) is 5.34. The maximum atomic E-state index is 12.3. The highest BCUT2D eigenvalue weighted by Gasteiger charge is 2.52. The molecule has 1 fully saturated rings. The van der Waals surface area contributed by atoms with Crippen LogP contribution < -0.4 is 11.1 Å². The predicted molar refractivity (Wildman–Crippen MR) is 75.4 cm³/mol. The van der Waals surface area contributed by atoms with E-state index >= 15 is 0 Å². The second kappa shape index (κ2) is 6.36. The van der Waals surface area contributed by atoms with E-state index in [0.717, 1.165) is 0 Å². The normalized spacial score (nSPS) is 30.3. The highest BCUT2D eigenvalue weighted by atomic mass is 32.2. The third-order valence-corrected chi connectivity index (χ3v) is 4.45. The van der Waals surface area contributed by atoms with Crippen molar-refractivity contribution >= 4 is 22.5 Å². The van der Waals surface area contributed by atoms with E-state index in [-0.39, 0.29) is 17.8 Å². The molecule has 0 aromatic carbocycles. The molecule has 0 saturated heterocycles. The molecule has 1 aliphatic rings. The lowest BCUT2D eigenvalue weighted by molar-refractivity contribution is -0.133. The van der Waals surface area contributed by atoms with Gasteiger partial charge in [0.25, 0.3) is 0 Å². The molecule has 4 N–H and O–H groups in total. The summed E-state index contributed by atoms with van der Waals surface area (Å²) in [6.45, 7) is 3.90. The van der Waals surface area contributed by atoms with Crippen LogP contribution in [0.5, 0.6) is 0 Å². The molecule has 0 aromatic rings. The van der Waals surface area contributed by atoms with Crippen molar-refractivity contribution in [3.63, 3.8) is 0 Å². The van der Waals surface area contributed by atoms with E-state index in [1.54, 1.807) is 6.26 Å².